The van der Waals surface area contributed by atoms with Gasteiger partial charge in [-0.1, -0.05) is 24.9 Å². The molecule has 0 aromatic heterocycles. The van der Waals surface area contributed by atoms with E-state index in [1.807, 2.05) is 0 Å². The lowest BCUT2D eigenvalue weighted by molar-refractivity contribution is -0.124. The first kappa shape index (κ1) is 23.1. The number of nitrogens with zero attached hydrogens (tertiary/aromatic N) is 1. The molecule has 31 heavy (non-hydrogen) atoms. The van der Waals surface area contributed by atoms with E-state index in [2.05, 4.69) is 17.0 Å². The maximum atomic E-state index is 12.9. The molecule has 0 unspecified atom stereocenters. The van der Waals surface area contributed by atoms with Crippen LogP contribution >= 0.6 is 11.6 Å². The fourth-order valence-electron chi connectivity index (χ4n) is 3.46. The number of likely N-dealkylation sites (tertiary alicyclic amines) is 1. The summed E-state index contributed by atoms with van der Waals surface area (Å²) >= 11 is 5.81. The van der Waals surface area contributed by atoms with E-state index >= 15 is 0 Å². The van der Waals surface area contributed by atoms with E-state index < -0.39 is 16.1 Å². The molecule has 2 aromatic carbocycles. The molecule has 0 saturated carbocycles. The number of benzene rings is 2. The highest BCUT2D eigenvalue weighted by molar-refractivity contribution is 7.92. The lowest BCUT2D eigenvalue weighted by Crippen LogP contribution is -2.46. The number of amides is 2. The van der Waals surface area contributed by atoms with E-state index in [-0.39, 0.29) is 16.7 Å². The molecule has 1 saturated heterocycles. The van der Waals surface area contributed by atoms with Crippen LogP contribution in [0.25, 0.3) is 0 Å². The Hall–Kier alpha value is -2.58. The monoisotopic (exact) mass is 463 g/mol. The molecule has 1 aliphatic rings. The van der Waals surface area contributed by atoms with Gasteiger partial charge in [0.05, 0.1) is 4.90 Å². The molecule has 9 heteroatoms. The molecular formula is C22H26ClN3O4S. The first-order valence-corrected chi connectivity index (χ1v) is 12.1. The van der Waals surface area contributed by atoms with Crippen molar-refractivity contribution in [3.8, 4) is 0 Å². The van der Waals surface area contributed by atoms with Crippen molar-refractivity contribution in [2.24, 2.45) is 0 Å². The molecule has 0 spiro atoms. The number of hydrogen-bond donors (Lipinski definition) is 2. The van der Waals surface area contributed by atoms with Gasteiger partial charge in [-0.2, -0.15) is 0 Å². The zero-order valence-electron chi connectivity index (χ0n) is 17.3. The highest BCUT2D eigenvalue weighted by Gasteiger charge is 2.34. The van der Waals surface area contributed by atoms with Crippen LogP contribution in [-0.2, 0) is 14.8 Å². The summed E-state index contributed by atoms with van der Waals surface area (Å²) in [5, 5.41) is 3.34. The van der Waals surface area contributed by atoms with Gasteiger partial charge in [0.2, 0.25) is 5.91 Å². The van der Waals surface area contributed by atoms with Crippen LogP contribution in [0.4, 0.5) is 5.69 Å². The molecule has 1 fully saturated rings. The van der Waals surface area contributed by atoms with Gasteiger partial charge in [0.15, 0.2) is 0 Å². The van der Waals surface area contributed by atoms with E-state index in [0.717, 1.165) is 19.3 Å². The summed E-state index contributed by atoms with van der Waals surface area (Å²) in [6.07, 6.45) is 3.31. The average molecular weight is 464 g/mol. The van der Waals surface area contributed by atoms with Crippen LogP contribution in [0.15, 0.2) is 53.4 Å². The van der Waals surface area contributed by atoms with Crippen molar-refractivity contribution >= 4 is 39.1 Å². The highest BCUT2D eigenvalue weighted by Crippen LogP contribution is 2.23. The summed E-state index contributed by atoms with van der Waals surface area (Å²) in [6.45, 7) is 3.18. The van der Waals surface area contributed by atoms with Gasteiger partial charge < -0.3 is 10.2 Å². The van der Waals surface area contributed by atoms with Gasteiger partial charge in [-0.25, -0.2) is 8.42 Å². The second kappa shape index (κ2) is 10.2. The molecule has 166 valence electrons. The Bertz CT molecular complexity index is 1020. The number of sulfonamides is 1. The van der Waals surface area contributed by atoms with Crippen molar-refractivity contribution in [1.82, 2.24) is 10.2 Å². The van der Waals surface area contributed by atoms with E-state index in [1.54, 1.807) is 17.0 Å². The first-order valence-electron chi connectivity index (χ1n) is 10.3. The van der Waals surface area contributed by atoms with Gasteiger partial charge in [0, 0.05) is 29.4 Å². The van der Waals surface area contributed by atoms with Crippen LogP contribution in [0, 0.1) is 0 Å². The number of hydrogen-bond acceptors (Lipinski definition) is 4. The number of halogens is 1. The van der Waals surface area contributed by atoms with E-state index in [0.29, 0.717) is 35.8 Å². The molecule has 2 amide bonds. The van der Waals surface area contributed by atoms with Crippen LogP contribution < -0.4 is 10.0 Å². The van der Waals surface area contributed by atoms with Gasteiger partial charge in [0.25, 0.3) is 15.9 Å². The lowest BCUT2D eigenvalue weighted by Gasteiger charge is -2.24. The number of nitrogens with one attached hydrogen (secondary N) is 2. The topological polar surface area (TPSA) is 95.6 Å². The predicted octanol–water partition coefficient (Wildman–Crippen LogP) is 3.66. The van der Waals surface area contributed by atoms with Crippen LogP contribution in [0.2, 0.25) is 5.02 Å². The third kappa shape index (κ3) is 5.77. The zero-order valence-corrected chi connectivity index (χ0v) is 18.9. The normalized spacial score (nSPS) is 16.2. The molecule has 1 atom stereocenters. The van der Waals surface area contributed by atoms with E-state index in [1.165, 1.54) is 36.4 Å². The molecule has 0 aliphatic carbocycles. The highest BCUT2D eigenvalue weighted by atomic mass is 35.5. The van der Waals surface area contributed by atoms with Gasteiger partial charge in [-0.15, -0.1) is 0 Å². The second-order valence-corrected chi connectivity index (χ2v) is 9.56. The minimum Gasteiger partial charge on any atom is -0.354 e. The SMILES string of the molecule is CCCCNC(=O)[C@@H]1CCCN1C(=O)c1ccc(NS(=O)(=O)c2ccc(Cl)cc2)cc1. The summed E-state index contributed by atoms with van der Waals surface area (Å²) in [5.74, 6) is -0.355. The summed E-state index contributed by atoms with van der Waals surface area (Å²) in [4.78, 5) is 27.1. The Kier molecular flexibility index (Phi) is 7.56. The number of anilines is 1. The first-order chi connectivity index (χ1) is 14.8. The quantitative estimate of drug-likeness (QED) is 0.584. The van der Waals surface area contributed by atoms with Crippen LogP contribution in [0.1, 0.15) is 43.0 Å². The van der Waals surface area contributed by atoms with Crippen molar-refractivity contribution in [3.05, 3.63) is 59.1 Å². The van der Waals surface area contributed by atoms with Gasteiger partial charge in [0.1, 0.15) is 6.04 Å². The third-order valence-corrected chi connectivity index (χ3v) is 6.80. The van der Waals surface area contributed by atoms with Crippen LogP contribution in [0.5, 0.6) is 0 Å². The average Bonchev–Trinajstić information content (AvgIpc) is 3.24. The van der Waals surface area contributed by atoms with Crippen molar-refractivity contribution in [1.29, 1.82) is 0 Å². The standard InChI is InChI=1S/C22H26ClN3O4S/c1-2-3-14-24-21(27)20-5-4-15-26(20)22(28)16-6-10-18(11-7-16)25-31(29,30)19-12-8-17(23)9-13-19/h6-13,20,25H,2-5,14-15H2,1H3,(H,24,27)/t20-/m0/s1. The fourth-order valence-corrected chi connectivity index (χ4v) is 4.65. The maximum Gasteiger partial charge on any atom is 0.261 e. The largest absolute Gasteiger partial charge is 0.354 e. The van der Waals surface area contributed by atoms with Gasteiger partial charge >= 0.3 is 0 Å². The number of rotatable bonds is 8. The Morgan fingerprint density at radius 2 is 1.77 bits per heavy atom. The van der Waals surface area contributed by atoms with Crippen molar-refractivity contribution in [3.63, 3.8) is 0 Å². The minimum atomic E-state index is -3.77. The minimum absolute atomic E-state index is 0.0889. The molecule has 1 aliphatic heterocycles. The Morgan fingerprint density at radius 1 is 1.10 bits per heavy atom. The molecule has 0 bridgehead atoms. The van der Waals surface area contributed by atoms with E-state index in [9.17, 15) is 18.0 Å². The van der Waals surface area contributed by atoms with E-state index in [4.69, 9.17) is 11.6 Å². The molecular weight excluding hydrogens is 438 g/mol. The Labute approximate surface area is 187 Å². The van der Waals surface area contributed by atoms with Crippen LogP contribution in [-0.4, -0.2) is 44.3 Å². The predicted molar refractivity (Wildman–Crippen MR) is 121 cm³/mol. The smallest absolute Gasteiger partial charge is 0.261 e. The molecule has 3 rings (SSSR count). The Morgan fingerprint density at radius 3 is 2.42 bits per heavy atom. The van der Waals surface area contributed by atoms with Gasteiger partial charge in [-0.05, 0) is 67.8 Å². The maximum absolute atomic E-state index is 12.9. The summed E-state index contributed by atoms with van der Waals surface area (Å²) in [6, 6.07) is 11.6. The second-order valence-electron chi connectivity index (χ2n) is 7.44. The summed E-state index contributed by atoms with van der Waals surface area (Å²) in [5.41, 5.74) is 0.740. The molecule has 1 heterocycles. The Balaban J connectivity index is 1.67. The number of carbonyl (C=O) groups excluding carboxylic acids is 2. The van der Waals surface area contributed by atoms with Crippen molar-refractivity contribution < 1.29 is 18.0 Å². The molecule has 7 nitrogen and oxygen atoms in total. The zero-order chi connectivity index (χ0) is 22.4. The lowest BCUT2D eigenvalue weighted by atomic mass is 10.1. The molecule has 0 radical (unpaired) electrons. The fraction of sp³-hybridized carbons (Fsp3) is 0.364. The molecule has 2 aromatic rings. The third-order valence-electron chi connectivity index (χ3n) is 5.15. The van der Waals surface area contributed by atoms with Crippen molar-refractivity contribution in [2.75, 3.05) is 17.8 Å². The van der Waals surface area contributed by atoms with Gasteiger partial charge in [-0.3, -0.25) is 14.3 Å². The van der Waals surface area contributed by atoms with Crippen molar-refractivity contribution in [2.45, 2.75) is 43.5 Å². The molecule has 2 N–H and O–H groups in total. The number of unbranched alkanes of at least 4 members (excludes halogenated alkanes) is 1. The van der Waals surface area contributed by atoms with Crippen LogP contribution in [0.3, 0.4) is 0 Å². The number of carbonyl (C=O) groups is 2. The summed E-state index contributed by atoms with van der Waals surface area (Å²) in [7, 11) is -3.77. The summed E-state index contributed by atoms with van der Waals surface area (Å²) < 4.78 is 27.5.